The van der Waals surface area contributed by atoms with E-state index in [1.54, 1.807) is 38.1 Å². The normalized spacial score (nSPS) is 10.5. The SMILES string of the molecule is CC(C)(CC(=O)O)CC(=O)Nc1ccc(OCC#N)cc1. The first-order valence-electron chi connectivity index (χ1n) is 6.44. The van der Waals surface area contributed by atoms with Crippen molar-refractivity contribution in [2.75, 3.05) is 11.9 Å². The van der Waals surface area contributed by atoms with Crippen molar-refractivity contribution in [2.24, 2.45) is 5.41 Å². The largest absolute Gasteiger partial charge is 0.481 e. The number of nitrogens with zero attached hydrogens (tertiary/aromatic N) is 1. The van der Waals surface area contributed by atoms with Gasteiger partial charge in [0.2, 0.25) is 5.91 Å². The number of amides is 1. The van der Waals surface area contributed by atoms with Gasteiger partial charge in [-0.1, -0.05) is 13.8 Å². The Morgan fingerprint density at radius 3 is 2.43 bits per heavy atom. The molecule has 0 saturated heterocycles. The number of hydrogen-bond donors (Lipinski definition) is 2. The zero-order chi connectivity index (χ0) is 15.9. The van der Waals surface area contributed by atoms with E-state index in [1.807, 2.05) is 6.07 Å². The Kier molecular flexibility index (Phi) is 5.73. The molecule has 112 valence electrons. The monoisotopic (exact) mass is 290 g/mol. The van der Waals surface area contributed by atoms with Gasteiger partial charge in [-0.3, -0.25) is 9.59 Å². The van der Waals surface area contributed by atoms with Crippen molar-refractivity contribution in [3.8, 4) is 11.8 Å². The van der Waals surface area contributed by atoms with Crippen LogP contribution < -0.4 is 10.1 Å². The zero-order valence-electron chi connectivity index (χ0n) is 12.0. The van der Waals surface area contributed by atoms with E-state index in [9.17, 15) is 9.59 Å². The van der Waals surface area contributed by atoms with Crippen molar-refractivity contribution in [3.63, 3.8) is 0 Å². The molecule has 0 radical (unpaired) electrons. The molecule has 0 saturated carbocycles. The van der Waals surface area contributed by atoms with Crippen molar-refractivity contribution in [3.05, 3.63) is 24.3 Å². The minimum atomic E-state index is -0.924. The molecular formula is C15H18N2O4. The van der Waals surface area contributed by atoms with Gasteiger partial charge in [-0.05, 0) is 29.7 Å². The van der Waals surface area contributed by atoms with Gasteiger partial charge in [0.25, 0.3) is 0 Å². The molecule has 0 bridgehead atoms. The van der Waals surface area contributed by atoms with Crippen LogP contribution in [0.15, 0.2) is 24.3 Å². The van der Waals surface area contributed by atoms with E-state index in [4.69, 9.17) is 15.1 Å². The first-order valence-corrected chi connectivity index (χ1v) is 6.44. The predicted octanol–water partition coefficient (Wildman–Crippen LogP) is 2.42. The number of carboxylic acids is 1. The second-order valence-corrected chi connectivity index (χ2v) is 5.43. The van der Waals surface area contributed by atoms with Crippen LogP contribution in [0.4, 0.5) is 5.69 Å². The van der Waals surface area contributed by atoms with Crippen LogP contribution in [-0.4, -0.2) is 23.6 Å². The van der Waals surface area contributed by atoms with Gasteiger partial charge in [-0.15, -0.1) is 0 Å². The maximum atomic E-state index is 11.9. The highest BCUT2D eigenvalue weighted by molar-refractivity contribution is 5.91. The lowest BCUT2D eigenvalue weighted by atomic mass is 9.85. The number of carboxylic acid groups (broad SMARTS) is 1. The first-order chi connectivity index (χ1) is 9.82. The maximum Gasteiger partial charge on any atom is 0.303 e. The number of carbonyl (C=O) groups excluding carboxylic acids is 1. The average Bonchev–Trinajstić information content (AvgIpc) is 2.35. The number of nitrogens with one attached hydrogen (secondary N) is 1. The molecule has 0 aromatic heterocycles. The van der Waals surface area contributed by atoms with Crippen LogP contribution in [0.1, 0.15) is 26.7 Å². The Morgan fingerprint density at radius 1 is 1.29 bits per heavy atom. The minimum absolute atomic E-state index is 0.0327. The highest BCUT2D eigenvalue weighted by Gasteiger charge is 2.25. The van der Waals surface area contributed by atoms with Gasteiger partial charge in [0.1, 0.15) is 11.8 Å². The minimum Gasteiger partial charge on any atom is -0.481 e. The Balaban J connectivity index is 2.55. The number of aliphatic carboxylic acids is 1. The van der Waals surface area contributed by atoms with E-state index in [-0.39, 0.29) is 25.4 Å². The number of benzene rings is 1. The van der Waals surface area contributed by atoms with Crippen LogP contribution in [0.3, 0.4) is 0 Å². The molecule has 6 heteroatoms. The molecule has 0 atom stereocenters. The lowest BCUT2D eigenvalue weighted by molar-refractivity contribution is -0.139. The second-order valence-electron chi connectivity index (χ2n) is 5.43. The van der Waals surface area contributed by atoms with E-state index < -0.39 is 11.4 Å². The zero-order valence-corrected chi connectivity index (χ0v) is 12.0. The number of ether oxygens (including phenoxy) is 1. The summed E-state index contributed by atoms with van der Waals surface area (Å²) in [6, 6.07) is 8.48. The fourth-order valence-electron chi connectivity index (χ4n) is 1.86. The summed E-state index contributed by atoms with van der Waals surface area (Å²) in [5.41, 5.74) is -0.0124. The highest BCUT2D eigenvalue weighted by Crippen LogP contribution is 2.25. The van der Waals surface area contributed by atoms with Crippen LogP contribution in [0, 0.1) is 16.7 Å². The van der Waals surface area contributed by atoms with Crippen LogP contribution >= 0.6 is 0 Å². The fraction of sp³-hybridized carbons (Fsp3) is 0.400. The maximum absolute atomic E-state index is 11.9. The molecule has 0 aliphatic rings. The predicted molar refractivity (Wildman–Crippen MR) is 76.8 cm³/mol. The fourth-order valence-corrected chi connectivity index (χ4v) is 1.86. The number of carbonyl (C=O) groups is 2. The molecular weight excluding hydrogens is 272 g/mol. The number of nitriles is 1. The lowest BCUT2D eigenvalue weighted by Gasteiger charge is -2.21. The van der Waals surface area contributed by atoms with Crippen LogP contribution in [0.25, 0.3) is 0 Å². The van der Waals surface area contributed by atoms with E-state index in [0.29, 0.717) is 11.4 Å². The molecule has 0 unspecified atom stereocenters. The van der Waals surface area contributed by atoms with E-state index in [0.717, 1.165) is 0 Å². The second kappa shape index (κ2) is 7.29. The molecule has 1 amide bonds. The Morgan fingerprint density at radius 2 is 1.90 bits per heavy atom. The topological polar surface area (TPSA) is 99.4 Å². The summed E-state index contributed by atoms with van der Waals surface area (Å²) in [6.07, 6.45) is 0.0489. The Bertz CT molecular complexity index is 544. The van der Waals surface area contributed by atoms with Crippen molar-refractivity contribution in [1.82, 2.24) is 0 Å². The summed E-state index contributed by atoms with van der Waals surface area (Å²) in [7, 11) is 0. The standard InChI is InChI=1S/C15H18N2O4/c1-15(2,10-14(19)20)9-13(18)17-11-3-5-12(6-4-11)21-8-7-16/h3-6H,8-10H2,1-2H3,(H,17,18)(H,19,20). The number of rotatable bonds is 7. The molecule has 0 fully saturated rings. The number of hydrogen-bond acceptors (Lipinski definition) is 4. The van der Waals surface area contributed by atoms with Gasteiger partial charge in [0.15, 0.2) is 6.61 Å². The van der Waals surface area contributed by atoms with Gasteiger partial charge in [-0.2, -0.15) is 5.26 Å². The van der Waals surface area contributed by atoms with Gasteiger partial charge in [0, 0.05) is 12.1 Å². The molecule has 6 nitrogen and oxygen atoms in total. The molecule has 21 heavy (non-hydrogen) atoms. The summed E-state index contributed by atoms with van der Waals surface area (Å²) >= 11 is 0. The van der Waals surface area contributed by atoms with Crippen molar-refractivity contribution in [2.45, 2.75) is 26.7 Å². The third-order valence-electron chi connectivity index (χ3n) is 2.71. The summed E-state index contributed by atoms with van der Waals surface area (Å²) in [5, 5.41) is 19.9. The average molecular weight is 290 g/mol. The van der Waals surface area contributed by atoms with Crippen LogP contribution in [0.2, 0.25) is 0 Å². The lowest BCUT2D eigenvalue weighted by Crippen LogP contribution is -2.24. The molecule has 1 rings (SSSR count). The smallest absolute Gasteiger partial charge is 0.303 e. The van der Waals surface area contributed by atoms with E-state index in [2.05, 4.69) is 5.32 Å². The van der Waals surface area contributed by atoms with E-state index in [1.165, 1.54) is 0 Å². The highest BCUT2D eigenvalue weighted by atomic mass is 16.5. The molecule has 1 aromatic carbocycles. The number of anilines is 1. The quantitative estimate of drug-likeness (QED) is 0.803. The van der Waals surface area contributed by atoms with Gasteiger partial charge < -0.3 is 15.2 Å². The molecule has 1 aromatic rings. The van der Waals surface area contributed by atoms with Crippen LogP contribution in [0.5, 0.6) is 5.75 Å². The van der Waals surface area contributed by atoms with Crippen molar-refractivity contribution in [1.29, 1.82) is 5.26 Å². The summed E-state index contributed by atoms with van der Waals surface area (Å²) in [6.45, 7) is 3.44. The first kappa shape index (κ1) is 16.5. The van der Waals surface area contributed by atoms with Crippen molar-refractivity contribution < 1.29 is 19.4 Å². The molecule has 0 spiro atoms. The third kappa shape index (κ3) is 6.43. The summed E-state index contributed by atoms with van der Waals surface area (Å²) < 4.78 is 5.10. The Hall–Kier alpha value is -2.55. The van der Waals surface area contributed by atoms with Gasteiger partial charge in [0.05, 0.1) is 6.42 Å². The third-order valence-corrected chi connectivity index (χ3v) is 2.71. The van der Waals surface area contributed by atoms with Gasteiger partial charge >= 0.3 is 5.97 Å². The molecule has 0 aliphatic heterocycles. The van der Waals surface area contributed by atoms with Crippen LogP contribution in [-0.2, 0) is 9.59 Å². The van der Waals surface area contributed by atoms with Gasteiger partial charge in [-0.25, -0.2) is 0 Å². The molecule has 0 heterocycles. The molecule has 2 N–H and O–H groups in total. The summed E-state index contributed by atoms with van der Waals surface area (Å²) in [4.78, 5) is 22.6. The Labute approximate surface area is 123 Å². The van der Waals surface area contributed by atoms with E-state index >= 15 is 0 Å². The summed E-state index contributed by atoms with van der Waals surface area (Å²) in [5.74, 6) is -0.625. The molecule has 0 aliphatic carbocycles. The van der Waals surface area contributed by atoms with Crippen molar-refractivity contribution >= 4 is 17.6 Å².